The lowest BCUT2D eigenvalue weighted by atomic mass is 9.75. The number of hydrogen-bond acceptors (Lipinski definition) is 14. The van der Waals surface area contributed by atoms with Crippen molar-refractivity contribution in [1.29, 1.82) is 0 Å². The number of nitrogen functional groups attached to an aromatic ring is 1. The van der Waals surface area contributed by atoms with Crippen LogP contribution < -0.4 is 27.0 Å². The predicted molar refractivity (Wildman–Crippen MR) is 362 cm³/mol. The second-order valence-electron chi connectivity index (χ2n) is 29.7. The molecule has 3 aliphatic carbocycles. The van der Waals surface area contributed by atoms with Gasteiger partial charge < -0.3 is 46.3 Å². The van der Waals surface area contributed by atoms with E-state index >= 15 is 0 Å². The fraction of sp³-hybridized carbons (Fsp3) is 0.575. The van der Waals surface area contributed by atoms with Gasteiger partial charge in [-0.2, -0.15) is 0 Å². The quantitative estimate of drug-likeness (QED) is 0.0781. The van der Waals surface area contributed by atoms with Crippen LogP contribution in [0.5, 0.6) is 0 Å². The molecule has 3 saturated carbocycles. The molecule has 7 fully saturated rings. The molecule has 0 spiro atoms. The van der Waals surface area contributed by atoms with Crippen molar-refractivity contribution in [1.82, 2.24) is 40.0 Å². The summed E-state index contributed by atoms with van der Waals surface area (Å²) >= 11 is 0. The SMILES string of the molecule is CC(C)(C)OC(=O)N1CCC(C)(c2ccc(N)nc2)CC1.CC(C)(C)OC(=O)N1CCC(C)(c2ccc(NC(=O)C3CC3)nc2)CC1.CC1(c2ccc(NC(=O)C3CC3)nc2)CCN(Cc2ccccc2)CC1.CC1(c2ccc(NC(=O)C3CC3)nc2)CCNCC1. The van der Waals surface area contributed by atoms with Gasteiger partial charge in [0.2, 0.25) is 17.7 Å². The zero-order valence-electron chi connectivity index (χ0n) is 56.4. The summed E-state index contributed by atoms with van der Waals surface area (Å²) in [5.74, 6) is 3.42. The number of nitrogens with zero attached hydrogens (tertiary/aromatic N) is 7. The van der Waals surface area contributed by atoms with Crippen LogP contribution in [0, 0.1) is 17.8 Å². The van der Waals surface area contributed by atoms with Crippen LogP contribution in [0.1, 0.15) is 187 Å². The van der Waals surface area contributed by atoms with Gasteiger partial charge in [-0.15, -0.1) is 0 Å². The Hall–Kier alpha value is -7.51. The fourth-order valence-corrected chi connectivity index (χ4v) is 12.2. The predicted octanol–water partition coefficient (Wildman–Crippen LogP) is 12.7. The summed E-state index contributed by atoms with van der Waals surface area (Å²) in [5.41, 5.74) is 11.4. The van der Waals surface area contributed by atoms with E-state index in [-0.39, 0.29) is 69.3 Å². The van der Waals surface area contributed by atoms with E-state index in [1.165, 1.54) is 22.3 Å². The number of carbonyl (C=O) groups excluding carboxylic acids is 5. The first-order chi connectivity index (χ1) is 43.7. The van der Waals surface area contributed by atoms with Crippen LogP contribution in [0.25, 0.3) is 0 Å². The highest BCUT2D eigenvalue weighted by Gasteiger charge is 2.39. The minimum Gasteiger partial charge on any atom is -0.444 e. The van der Waals surface area contributed by atoms with Crippen molar-refractivity contribution in [2.45, 2.75) is 199 Å². The number of pyridine rings is 4. The molecule has 4 aliphatic heterocycles. The number of nitrogens with one attached hydrogen (secondary N) is 4. The van der Waals surface area contributed by atoms with Gasteiger partial charge >= 0.3 is 12.2 Å². The second-order valence-corrected chi connectivity index (χ2v) is 29.7. The standard InChI is InChI=1S/C22H27N3O.C20H29N3O3.C16H25N3O2.C15H21N3O/c1-22(11-13-25(14-12-22)16-17-5-3-2-4-6-17)19-9-10-20(23-15-19)24-21(26)18-7-8-18;1-19(2,3)26-18(25)23-11-9-20(4,10-12-23)15-7-8-16(21-13-15)22-17(24)14-5-6-14;1-15(2,3)21-14(20)19-9-7-16(4,8-10-19)12-5-6-13(17)18-11-12;1-15(6-8-16-9-7-15)12-4-5-13(17-10-12)18-14(19)11-2-3-11/h2-6,9-10,15,18H,7-8,11-14,16H2,1H3,(H,23,24,26);7-8,13-14H,5-6,9-12H2,1-4H3,(H,21,22,24);5-6,11H,7-10H2,1-4H3,(H2,17,18);4-5,10-11,16H,2-3,6-9H2,1H3,(H,17,18,19). The van der Waals surface area contributed by atoms with E-state index in [2.05, 4.69) is 116 Å². The lowest BCUT2D eigenvalue weighted by molar-refractivity contribution is -0.118. The average Bonchev–Trinajstić information content (AvgIpc) is 1.71. The van der Waals surface area contributed by atoms with Crippen molar-refractivity contribution in [2.75, 3.05) is 74.0 Å². The van der Waals surface area contributed by atoms with Crippen molar-refractivity contribution < 1.29 is 33.4 Å². The molecular formula is C73H102N12O7. The fourth-order valence-electron chi connectivity index (χ4n) is 12.2. The van der Waals surface area contributed by atoms with E-state index in [1.54, 1.807) is 9.80 Å². The van der Waals surface area contributed by atoms with Gasteiger partial charge in [-0.25, -0.2) is 29.5 Å². The number of piperidine rings is 4. The maximum Gasteiger partial charge on any atom is 0.410 e. The summed E-state index contributed by atoms with van der Waals surface area (Å²) in [6.07, 6.45) is 21.2. The summed E-state index contributed by atoms with van der Waals surface area (Å²) in [7, 11) is 0. The Kier molecular flexibility index (Phi) is 22.2. The number of aromatic nitrogens is 4. The first-order valence-electron chi connectivity index (χ1n) is 33.6. The van der Waals surface area contributed by atoms with Crippen molar-refractivity contribution in [3.8, 4) is 0 Å². The summed E-state index contributed by atoms with van der Waals surface area (Å²) in [6, 6.07) is 26.6. The van der Waals surface area contributed by atoms with Crippen LogP contribution in [0.15, 0.2) is 104 Å². The number of nitrogens with two attached hydrogens (primary N) is 1. The van der Waals surface area contributed by atoms with Gasteiger partial charge in [0.25, 0.3) is 0 Å². The number of amides is 5. The highest BCUT2D eigenvalue weighted by atomic mass is 16.6. The Balaban J connectivity index is 0.000000146. The first-order valence-corrected chi connectivity index (χ1v) is 33.6. The third-order valence-electron chi connectivity index (χ3n) is 19.4. The molecule has 12 rings (SSSR count). The number of rotatable bonds is 12. The van der Waals surface area contributed by atoms with Crippen molar-refractivity contribution in [3.05, 3.63) is 131 Å². The lowest BCUT2D eigenvalue weighted by Gasteiger charge is -2.40. The Bertz CT molecular complexity index is 3240. The zero-order valence-corrected chi connectivity index (χ0v) is 56.4. The normalized spacial score (nSPS) is 19.9. The van der Waals surface area contributed by atoms with Gasteiger partial charge in [-0.05, 0) is 231 Å². The molecule has 1 aromatic carbocycles. The number of benzene rings is 1. The largest absolute Gasteiger partial charge is 0.444 e. The molecule has 5 aromatic rings. The molecular weight excluding hydrogens is 1160 g/mol. The average molecular weight is 1260 g/mol. The topological polar surface area (TPSA) is 239 Å². The summed E-state index contributed by atoms with van der Waals surface area (Å²) in [4.78, 5) is 83.2. The van der Waals surface area contributed by atoms with E-state index in [4.69, 9.17) is 15.2 Å². The smallest absolute Gasteiger partial charge is 0.410 e. The minimum atomic E-state index is -0.470. The Morgan fingerprint density at radius 1 is 0.467 bits per heavy atom. The zero-order chi connectivity index (χ0) is 65.9. The molecule has 496 valence electrons. The van der Waals surface area contributed by atoms with Crippen LogP contribution in [0.3, 0.4) is 0 Å². The molecule has 0 bridgehead atoms. The molecule has 8 heterocycles. The Morgan fingerprint density at radius 2 is 0.793 bits per heavy atom. The number of carbonyl (C=O) groups is 5. The molecule has 19 nitrogen and oxygen atoms in total. The van der Waals surface area contributed by atoms with Crippen LogP contribution in [0.2, 0.25) is 0 Å². The lowest BCUT2D eigenvalue weighted by Crippen LogP contribution is -2.45. The molecule has 4 aromatic heterocycles. The van der Waals surface area contributed by atoms with Gasteiger partial charge in [0.1, 0.15) is 34.5 Å². The Labute approximate surface area is 546 Å². The van der Waals surface area contributed by atoms with E-state index in [0.717, 1.165) is 128 Å². The third-order valence-corrected chi connectivity index (χ3v) is 19.4. The van der Waals surface area contributed by atoms with Crippen molar-refractivity contribution in [2.24, 2.45) is 17.8 Å². The molecule has 0 radical (unpaired) electrons. The number of ether oxygens (including phenoxy) is 2. The molecule has 7 aliphatic rings. The molecule has 0 unspecified atom stereocenters. The molecule has 4 saturated heterocycles. The first kappa shape index (κ1) is 68.8. The molecule has 5 amide bonds. The van der Waals surface area contributed by atoms with Gasteiger partial charge in [-0.1, -0.05) is 82.3 Å². The second kappa shape index (κ2) is 29.6. The van der Waals surface area contributed by atoms with E-state index in [1.807, 2.05) is 103 Å². The van der Waals surface area contributed by atoms with Crippen molar-refractivity contribution in [3.63, 3.8) is 0 Å². The van der Waals surface area contributed by atoms with Crippen LogP contribution in [-0.4, -0.2) is 128 Å². The number of likely N-dealkylation sites (tertiary alicyclic amines) is 3. The molecule has 6 N–H and O–H groups in total. The van der Waals surface area contributed by atoms with E-state index in [9.17, 15) is 24.0 Å². The summed E-state index contributed by atoms with van der Waals surface area (Å²) < 4.78 is 10.9. The van der Waals surface area contributed by atoms with Gasteiger partial charge in [-0.3, -0.25) is 19.3 Å². The molecule has 19 heteroatoms. The maximum absolute atomic E-state index is 12.2. The monoisotopic (exact) mass is 1260 g/mol. The third kappa shape index (κ3) is 20.0. The van der Waals surface area contributed by atoms with Crippen LogP contribution in [0.4, 0.5) is 32.9 Å². The molecule has 92 heavy (non-hydrogen) atoms. The van der Waals surface area contributed by atoms with Crippen LogP contribution in [-0.2, 0) is 52.1 Å². The number of anilines is 4. The van der Waals surface area contributed by atoms with E-state index in [0.29, 0.717) is 49.5 Å². The van der Waals surface area contributed by atoms with Gasteiger partial charge in [0.15, 0.2) is 0 Å². The number of hydrogen-bond donors (Lipinski definition) is 5. The van der Waals surface area contributed by atoms with E-state index < -0.39 is 11.2 Å². The summed E-state index contributed by atoms with van der Waals surface area (Å²) in [6.45, 7) is 28.5. The van der Waals surface area contributed by atoms with Gasteiger partial charge in [0.05, 0.1) is 0 Å². The van der Waals surface area contributed by atoms with Crippen LogP contribution >= 0.6 is 0 Å². The molecule has 0 atom stereocenters. The van der Waals surface area contributed by atoms with Gasteiger partial charge in [0, 0.05) is 75.3 Å². The maximum atomic E-state index is 12.2. The minimum absolute atomic E-state index is 0.0233. The van der Waals surface area contributed by atoms with Crippen molar-refractivity contribution >= 4 is 53.2 Å². The summed E-state index contributed by atoms with van der Waals surface area (Å²) in [5, 5.41) is 12.1. The highest BCUT2D eigenvalue weighted by Crippen LogP contribution is 2.40. The highest BCUT2D eigenvalue weighted by molar-refractivity contribution is 5.94. The Morgan fingerprint density at radius 3 is 1.10 bits per heavy atom.